The Balaban J connectivity index is 2.47. The molecule has 0 aliphatic heterocycles. The number of methoxy groups -OCH3 is 1. The lowest BCUT2D eigenvalue weighted by Crippen LogP contribution is -2.45. The van der Waals surface area contributed by atoms with Crippen molar-refractivity contribution >= 4 is 11.7 Å². The van der Waals surface area contributed by atoms with Gasteiger partial charge in [-0.1, -0.05) is 13.8 Å². The first-order chi connectivity index (χ1) is 9.43. The number of rotatable bonds is 7. The highest BCUT2D eigenvalue weighted by molar-refractivity contribution is 5.88. The van der Waals surface area contributed by atoms with Gasteiger partial charge in [0.25, 0.3) is 5.91 Å². The Morgan fingerprint density at radius 2 is 1.70 bits per heavy atom. The number of carbonyl (C=O) groups excluding carboxylic acids is 2. The van der Waals surface area contributed by atoms with E-state index in [0.717, 1.165) is 5.75 Å². The molecule has 1 aromatic carbocycles. The highest BCUT2D eigenvalue weighted by Gasteiger charge is 2.20. The highest BCUT2D eigenvalue weighted by atomic mass is 16.5. The van der Waals surface area contributed by atoms with Crippen LogP contribution in [0.15, 0.2) is 24.3 Å². The van der Waals surface area contributed by atoms with Gasteiger partial charge in [0.1, 0.15) is 11.5 Å². The number of nitrogens with one attached hydrogen (secondary N) is 1. The summed E-state index contributed by atoms with van der Waals surface area (Å²) in [6, 6.07) is 6.47. The number of hydrogen-bond donors (Lipinski definition) is 1. The van der Waals surface area contributed by atoms with Gasteiger partial charge in [-0.15, -0.1) is 0 Å². The van der Waals surface area contributed by atoms with E-state index in [9.17, 15) is 9.59 Å². The standard InChI is InChI=1S/C15H21NO4/c1-10(2)15(11(3)17)16-14(18)9-20-13-7-5-12(19-4)6-8-13/h5-8,10,15H,9H2,1-4H3,(H,16,18). The largest absolute Gasteiger partial charge is 0.497 e. The fourth-order valence-corrected chi connectivity index (χ4v) is 1.77. The van der Waals surface area contributed by atoms with Crippen molar-refractivity contribution in [3.63, 3.8) is 0 Å². The van der Waals surface area contributed by atoms with Gasteiger partial charge >= 0.3 is 0 Å². The maximum absolute atomic E-state index is 11.7. The van der Waals surface area contributed by atoms with Crippen molar-refractivity contribution in [2.24, 2.45) is 5.92 Å². The van der Waals surface area contributed by atoms with Gasteiger partial charge in [0.2, 0.25) is 0 Å². The minimum atomic E-state index is -0.470. The van der Waals surface area contributed by atoms with E-state index in [1.807, 2.05) is 13.8 Å². The summed E-state index contributed by atoms with van der Waals surface area (Å²) in [5, 5.41) is 2.67. The van der Waals surface area contributed by atoms with Crippen molar-refractivity contribution in [1.82, 2.24) is 5.32 Å². The zero-order chi connectivity index (χ0) is 15.1. The molecule has 1 atom stereocenters. The molecule has 0 saturated carbocycles. The monoisotopic (exact) mass is 279 g/mol. The predicted molar refractivity (Wildman–Crippen MR) is 75.9 cm³/mol. The summed E-state index contributed by atoms with van der Waals surface area (Å²) in [6.45, 7) is 5.12. The van der Waals surface area contributed by atoms with E-state index in [2.05, 4.69) is 5.32 Å². The number of Topliss-reactive ketones (excluding diaryl/α,β-unsaturated/α-hetero) is 1. The second-order valence-electron chi connectivity index (χ2n) is 4.86. The van der Waals surface area contributed by atoms with Gasteiger partial charge in [0.05, 0.1) is 13.2 Å². The topological polar surface area (TPSA) is 64.6 Å². The molecule has 1 unspecified atom stereocenters. The van der Waals surface area contributed by atoms with Gasteiger partial charge in [-0.05, 0) is 37.1 Å². The van der Waals surface area contributed by atoms with Crippen molar-refractivity contribution in [1.29, 1.82) is 0 Å². The molecule has 1 amide bonds. The van der Waals surface area contributed by atoms with Crippen LogP contribution in [0.1, 0.15) is 20.8 Å². The molecule has 5 nitrogen and oxygen atoms in total. The lowest BCUT2D eigenvalue weighted by atomic mass is 10.0. The van der Waals surface area contributed by atoms with Gasteiger partial charge in [0, 0.05) is 0 Å². The van der Waals surface area contributed by atoms with Gasteiger partial charge in [-0.25, -0.2) is 0 Å². The number of benzene rings is 1. The van der Waals surface area contributed by atoms with Crippen LogP contribution in [0.25, 0.3) is 0 Å². The fraction of sp³-hybridized carbons (Fsp3) is 0.467. The molecule has 1 aromatic rings. The zero-order valence-corrected chi connectivity index (χ0v) is 12.3. The molecule has 5 heteroatoms. The second kappa shape index (κ2) is 7.53. The maximum Gasteiger partial charge on any atom is 0.258 e. The second-order valence-corrected chi connectivity index (χ2v) is 4.86. The molecule has 0 heterocycles. The Kier molecular flexibility index (Phi) is 6.03. The number of amides is 1. The van der Waals surface area contributed by atoms with Crippen LogP contribution in [0.3, 0.4) is 0 Å². The van der Waals surface area contributed by atoms with E-state index < -0.39 is 6.04 Å². The van der Waals surface area contributed by atoms with E-state index in [4.69, 9.17) is 9.47 Å². The molecule has 0 saturated heterocycles. The number of ketones is 1. The van der Waals surface area contributed by atoms with Crippen LogP contribution in [0, 0.1) is 5.92 Å². The number of carbonyl (C=O) groups is 2. The lowest BCUT2D eigenvalue weighted by molar-refractivity contribution is -0.129. The normalized spacial score (nSPS) is 11.8. The highest BCUT2D eigenvalue weighted by Crippen LogP contribution is 2.16. The van der Waals surface area contributed by atoms with Crippen molar-refractivity contribution in [2.75, 3.05) is 13.7 Å². The molecule has 1 rings (SSSR count). The van der Waals surface area contributed by atoms with E-state index >= 15 is 0 Å². The summed E-state index contributed by atoms with van der Waals surface area (Å²) >= 11 is 0. The van der Waals surface area contributed by atoms with Crippen LogP contribution in [0.2, 0.25) is 0 Å². The van der Waals surface area contributed by atoms with Crippen LogP contribution in [0.5, 0.6) is 11.5 Å². The quantitative estimate of drug-likeness (QED) is 0.826. The third-order valence-corrected chi connectivity index (χ3v) is 2.85. The Morgan fingerprint density at radius 1 is 1.15 bits per heavy atom. The van der Waals surface area contributed by atoms with Crippen molar-refractivity contribution < 1.29 is 19.1 Å². The molecular weight excluding hydrogens is 258 g/mol. The molecule has 0 bridgehead atoms. The van der Waals surface area contributed by atoms with Crippen molar-refractivity contribution in [3.05, 3.63) is 24.3 Å². The molecular formula is C15H21NO4. The first-order valence-corrected chi connectivity index (χ1v) is 6.50. The van der Waals surface area contributed by atoms with Gasteiger partial charge < -0.3 is 14.8 Å². The smallest absolute Gasteiger partial charge is 0.258 e. The Hall–Kier alpha value is -2.04. The zero-order valence-electron chi connectivity index (χ0n) is 12.3. The van der Waals surface area contributed by atoms with E-state index in [1.54, 1.807) is 31.4 Å². The van der Waals surface area contributed by atoms with Gasteiger partial charge in [0.15, 0.2) is 12.4 Å². The average Bonchev–Trinajstić information content (AvgIpc) is 2.42. The minimum absolute atomic E-state index is 0.0532. The fourth-order valence-electron chi connectivity index (χ4n) is 1.77. The summed E-state index contributed by atoms with van der Waals surface area (Å²) < 4.78 is 10.4. The summed E-state index contributed by atoms with van der Waals surface area (Å²) in [5.41, 5.74) is 0. The summed E-state index contributed by atoms with van der Waals surface area (Å²) in [5.74, 6) is 0.980. The lowest BCUT2D eigenvalue weighted by Gasteiger charge is -2.19. The number of ether oxygens (including phenoxy) is 2. The third kappa shape index (κ3) is 4.91. The van der Waals surface area contributed by atoms with Crippen LogP contribution in [0.4, 0.5) is 0 Å². The van der Waals surface area contributed by atoms with E-state index in [-0.39, 0.29) is 24.2 Å². The predicted octanol–water partition coefficient (Wildman–Crippen LogP) is 1.80. The molecule has 0 aliphatic carbocycles. The molecule has 0 aromatic heterocycles. The van der Waals surface area contributed by atoms with E-state index in [0.29, 0.717) is 5.75 Å². The van der Waals surface area contributed by atoms with Crippen molar-refractivity contribution in [2.45, 2.75) is 26.8 Å². The first-order valence-electron chi connectivity index (χ1n) is 6.50. The van der Waals surface area contributed by atoms with Gasteiger partial charge in [-0.3, -0.25) is 9.59 Å². The minimum Gasteiger partial charge on any atom is -0.497 e. The van der Waals surface area contributed by atoms with Crippen LogP contribution >= 0.6 is 0 Å². The molecule has 0 spiro atoms. The average molecular weight is 279 g/mol. The third-order valence-electron chi connectivity index (χ3n) is 2.85. The molecule has 110 valence electrons. The Labute approximate surface area is 119 Å². The Morgan fingerprint density at radius 3 is 2.15 bits per heavy atom. The molecule has 1 N–H and O–H groups in total. The van der Waals surface area contributed by atoms with Crippen LogP contribution in [-0.2, 0) is 9.59 Å². The summed E-state index contributed by atoms with van der Waals surface area (Å²) in [6.07, 6.45) is 0. The Bertz CT molecular complexity index is 453. The van der Waals surface area contributed by atoms with E-state index in [1.165, 1.54) is 6.92 Å². The summed E-state index contributed by atoms with van der Waals surface area (Å²) in [7, 11) is 1.58. The SMILES string of the molecule is COc1ccc(OCC(=O)NC(C(C)=O)C(C)C)cc1. The number of hydrogen-bond acceptors (Lipinski definition) is 4. The van der Waals surface area contributed by atoms with Crippen LogP contribution in [-0.4, -0.2) is 31.4 Å². The summed E-state index contributed by atoms with van der Waals surface area (Å²) in [4.78, 5) is 23.1. The molecule has 0 aliphatic rings. The molecule has 0 fully saturated rings. The first kappa shape index (κ1) is 16.0. The molecule has 0 radical (unpaired) electrons. The van der Waals surface area contributed by atoms with Crippen molar-refractivity contribution in [3.8, 4) is 11.5 Å². The van der Waals surface area contributed by atoms with Crippen LogP contribution < -0.4 is 14.8 Å². The molecule has 20 heavy (non-hydrogen) atoms. The maximum atomic E-state index is 11.7. The van der Waals surface area contributed by atoms with Gasteiger partial charge in [-0.2, -0.15) is 0 Å².